The Bertz CT molecular complexity index is 802. The van der Waals surface area contributed by atoms with Crippen LogP contribution in [-0.2, 0) is 14.9 Å². The van der Waals surface area contributed by atoms with Gasteiger partial charge in [0, 0.05) is 0 Å². The molecule has 8 heteroatoms. The molecule has 0 N–H and O–H groups in total. The second-order valence-electron chi connectivity index (χ2n) is 4.70. The lowest BCUT2D eigenvalue weighted by atomic mass is 10.1. The summed E-state index contributed by atoms with van der Waals surface area (Å²) in [5.41, 5.74) is 0.0551. The summed E-state index contributed by atoms with van der Waals surface area (Å²) in [6.07, 6.45) is 0. The fourth-order valence-corrected chi connectivity index (χ4v) is 2.47. The summed E-state index contributed by atoms with van der Waals surface area (Å²) in [4.78, 5) is 11.7. The Morgan fingerprint density at radius 2 is 1.77 bits per heavy atom. The number of carbonyl (C=O) groups excluding carboxylic acids is 1. The first-order chi connectivity index (χ1) is 10.2. The maximum atomic E-state index is 13.2. The molecule has 5 nitrogen and oxygen atoms in total. The van der Waals surface area contributed by atoms with Gasteiger partial charge >= 0.3 is 5.97 Å². The van der Waals surface area contributed by atoms with Crippen molar-refractivity contribution in [3.8, 4) is 0 Å². The number of halogens is 2. The van der Waals surface area contributed by atoms with Gasteiger partial charge in [-0.25, -0.2) is 22.0 Å². The number of benzene rings is 2. The average Bonchev–Trinajstić information content (AvgIpc) is 2.42. The Morgan fingerprint density at radius 3 is 2.41 bits per heavy atom. The molecule has 0 aromatic heterocycles. The maximum Gasteiger partial charge on any atom is 0.338 e. The zero-order valence-corrected chi connectivity index (χ0v) is 12.0. The molecule has 0 radical (unpaired) electrons. The van der Waals surface area contributed by atoms with E-state index in [2.05, 4.69) is 4.74 Å². The van der Waals surface area contributed by atoms with Crippen molar-refractivity contribution in [2.24, 2.45) is 0 Å². The van der Waals surface area contributed by atoms with Gasteiger partial charge in [-0.1, -0.05) is 30.3 Å². The van der Waals surface area contributed by atoms with Gasteiger partial charge in [0.25, 0.3) is 5.92 Å². The number of hydrogen-bond donors (Lipinski definition) is 0. The fraction of sp³-hybridized carbons (Fsp3) is 0.214. The van der Waals surface area contributed by atoms with Crippen LogP contribution in [0.15, 0.2) is 42.5 Å². The van der Waals surface area contributed by atoms with Crippen molar-refractivity contribution in [1.29, 1.82) is 0 Å². The number of rotatable bonds is 5. The predicted molar refractivity (Wildman–Crippen MR) is 73.7 cm³/mol. The minimum absolute atomic E-state index is 0.0551. The van der Waals surface area contributed by atoms with Gasteiger partial charge in [0.2, 0.25) is 0 Å². The highest BCUT2D eigenvalue weighted by molar-refractivity contribution is 7.85. The SMILES string of the molecule is O=C(OCC(F)(F)CS(=O)(=O)[O-])c1ccc2ccccc2c1. The third-order valence-electron chi connectivity index (χ3n) is 2.79. The largest absolute Gasteiger partial charge is 0.748 e. The maximum absolute atomic E-state index is 13.2. The van der Waals surface area contributed by atoms with E-state index in [-0.39, 0.29) is 5.56 Å². The van der Waals surface area contributed by atoms with Crippen LogP contribution in [0.4, 0.5) is 8.78 Å². The molecule has 0 fully saturated rings. The molecule has 0 spiro atoms. The van der Waals surface area contributed by atoms with Crippen molar-refractivity contribution in [3.05, 3.63) is 48.0 Å². The third-order valence-corrected chi connectivity index (χ3v) is 3.56. The van der Waals surface area contributed by atoms with E-state index in [4.69, 9.17) is 0 Å². The van der Waals surface area contributed by atoms with Gasteiger partial charge in [0.05, 0.1) is 5.56 Å². The summed E-state index contributed by atoms with van der Waals surface area (Å²) >= 11 is 0. The van der Waals surface area contributed by atoms with Gasteiger partial charge in [0.15, 0.2) is 6.61 Å². The molecule has 22 heavy (non-hydrogen) atoms. The van der Waals surface area contributed by atoms with Crippen molar-refractivity contribution < 1.29 is 31.3 Å². The van der Waals surface area contributed by atoms with Gasteiger partial charge < -0.3 is 9.29 Å². The monoisotopic (exact) mass is 329 g/mol. The topological polar surface area (TPSA) is 83.5 Å². The lowest BCUT2D eigenvalue weighted by Gasteiger charge is -2.18. The summed E-state index contributed by atoms with van der Waals surface area (Å²) in [6.45, 7) is -1.47. The van der Waals surface area contributed by atoms with E-state index in [9.17, 15) is 26.5 Å². The number of carbonyl (C=O) groups is 1. The lowest BCUT2D eigenvalue weighted by Crippen LogP contribution is -2.33. The summed E-state index contributed by atoms with van der Waals surface area (Å²) in [7, 11) is -5.11. The molecule has 0 amide bonds. The molecule has 0 aliphatic rings. The Labute approximate surface area is 125 Å². The summed E-state index contributed by atoms with van der Waals surface area (Å²) < 4.78 is 61.8. The van der Waals surface area contributed by atoms with E-state index in [0.717, 1.165) is 10.8 Å². The standard InChI is InChI=1S/C14H12F2O5S/c15-14(16,9-22(18,19)20)8-21-13(17)12-6-5-10-3-1-2-4-11(10)7-12/h1-7H,8-9H2,(H,18,19,20)/p-1. The van der Waals surface area contributed by atoms with Gasteiger partial charge in [0.1, 0.15) is 15.9 Å². The molecule has 0 aliphatic heterocycles. The number of esters is 1. The lowest BCUT2D eigenvalue weighted by molar-refractivity contribution is -0.0449. The van der Waals surface area contributed by atoms with Gasteiger partial charge in [-0.15, -0.1) is 0 Å². The summed E-state index contributed by atoms with van der Waals surface area (Å²) in [5.74, 6) is -6.85. The highest BCUT2D eigenvalue weighted by Crippen LogP contribution is 2.19. The van der Waals surface area contributed by atoms with Gasteiger partial charge in [-0.2, -0.15) is 0 Å². The molecule has 0 aliphatic carbocycles. The minimum Gasteiger partial charge on any atom is -0.748 e. The van der Waals surface area contributed by atoms with Gasteiger partial charge in [-0.05, 0) is 22.9 Å². The molecule has 0 heterocycles. The van der Waals surface area contributed by atoms with E-state index < -0.39 is 34.4 Å². The van der Waals surface area contributed by atoms with E-state index >= 15 is 0 Å². The van der Waals surface area contributed by atoms with E-state index in [1.54, 1.807) is 18.2 Å². The van der Waals surface area contributed by atoms with Crippen molar-refractivity contribution in [2.75, 3.05) is 12.4 Å². The van der Waals surface area contributed by atoms with Crippen LogP contribution in [0.3, 0.4) is 0 Å². The van der Waals surface area contributed by atoms with Crippen molar-refractivity contribution in [2.45, 2.75) is 5.92 Å². The Balaban J connectivity index is 2.08. The minimum atomic E-state index is -5.11. The second kappa shape index (κ2) is 5.98. The number of hydrogen-bond acceptors (Lipinski definition) is 5. The molecule has 0 atom stereocenters. The molecule has 0 unspecified atom stereocenters. The summed E-state index contributed by atoms with van der Waals surface area (Å²) in [6, 6.07) is 11.6. The van der Waals surface area contributed by atoms with E-state index in [1.165, 1.54) is 12.1 Å². The number of fused-ring (bicyclic) bond motifs is 1. The molecule has 2 aromatic rings. The van der Waals surface area contributed by atoms with Crippen LogP contribution in [0.1, 0.15) is 10.4 Å². The first kappa shape index (κ1) is 16.3. The molecule has 0 saturated carbocycles. The molecule has 118 valence electrons. The molecule has 0 bridgehead atoms. The Morgan fingerprint density at radius 1 is 1.14 bits per heavy atom. The molecular weight excluding hydrogens is 318 g/mol. The quantitative estimate of drug-likeness (QED) is 0.620. The third kappa shape index (κ3) is 4.47. The van der Waals surface area contributed by atoms with Crippen molar-refractivity contribution in [1.82, 2.24) is 0 Å². The number of ether oxygens (including phenoxy) is 1. The highest BCUT2D eigenvalue weighted by atomic mass is 32.2. The molecular formula is C14H11F2O5S-. The normalized spacial score (nSPS) is 12.3. The van der Waals surface area contributed by atoms with E-state index in [1.807, 2.05) is 12.1 Å². The Kier molecular flexibility index (Phi) is 4.43. The van der Waals surface area contributed by atoms with Crippen LogP contribution in [0.5, 0.6) is 0 Å². The second-order valence-corrected chi connectivity index (χ2v) is 6.10. The average molecular weight is 329 g/mol. The van der Waals surface area contributed by atoms with Crippen LogP contribution >= 0.6 is 0 Å². The molecule has 2 rings (SSSR count). The zero-order valence-electron chi connectivity index (χ0n) is 11.2. The van der Waals surface area contributed by atoms with Crippen LogP contribution in [0.25, 0.3) is 10.8 Å². The highest BCUT2D eigenvalue weighted by Gasteiger charge is 2.34. The van der Waals surface area contributed by atoms with Crippen LogP contribution in [-0.4, -0.2) is 37.2 Å². The van der Waals surface area contributed by atoms with Crippen LogP contribution in [0.2, 0.25) is 0 Å². The van der Waals surface area contributed by atoms with Crippen LogP contribution < -0.4 is 0 Å². The fourth-order valence-electron chi connectivity index (χ4n) is 1.87. The predicted octanol–water partition coefficient (Wildman–Crippen LogP) is 2.18. The smallest absolute Gasteiger partial charge is 0.338 e. The van der Waals surface area contributed by atoms with Gasteiger partial charge in [-0.3, -0.25) is 0 Å². The zero-order chi connectivity index (χ0) is 16.4. The molecule has 0 saturated heterocycles. The van der Waals surface area contributed by atoms with Crippen molar-refractivity contribution in [3.63, 3.8) is 0 Å². The van der Waals surface area contributed by atoms with Crippen molar-refractivity contribution >= 4 is 26.9 Å². The van der Waals surface area contributed by atoms with E-state index in [0.29, 0.717) is 0 Å². The molecule has 2 aromatic carbocycles. The van der Waals surface area contributed by atoms with Crippen LogP contribution in [0, 0.1) is 0 Å². The Hall–Kier alpha value is -2.06. The first-order valence-corrected chi connectivity index (χ1v) is 7.71. The number of alkyl halides is 2. The first-order valence-electron chi connectivity index (χ1n) is 6.14. The summed E-state index contributed by atoms with van der Waals surface area (Å²) in [5, 5.41) is 1.59.